The van der Waals surface area contributed by atoms with Crippen LogP contribution in [0, 0.1) is 5.92 Å². The summed E-state index contributed by atoms with van der Waals surface area (Å²) >= 11 is 0. The van der Waals surface area contributed by atoms with Gasteiger partial charge in [0.1, 0.15) is 0 Å². The molecule has 1 fully saturated rings. The molecule has 1 heteroatoms. The van der Waals surface area contributed by atoms with Gasteiger partial charge in [0.05, 0.1) is 0 Å². The van der Waals surface area contributed by atoms with E-state index in [1.807, 2.05) is 0 Å². The highest BCUT2D eigenvalue weighted by Gasteiger charge is 2.24. The summed E-state index contributed by atoms with van der Waals surface area (Å²) < 4.78 is 0. The number of benzene rings is 1. The van der Waals surface area contributed by atoms with Gasteiger partial charge in [-0.3, -0.25) is 0 Å². The summed E-state index contributed by atoms with van der Waals surface area (Å²) in [5.74, 6) is 0.956. The molecule has 1 N–H and O–H groups in total. The fourth-order valence-corrected chi connectivity index (χ4v) is 3.09. The number of hydrogen-bond donors (Lipinski definition) is 1. The zero-order valence-electron chi connectivity index (χ0n) is 12.1. The van der Waals surface area contributed by atoms with Crippen LogP contribution in [0.5, 0.6) is 0 Å². The van der Waals surface area contributed by atoms with Crippen LogP contribution in [-0.2, 0) is 6.42 Å². The number of nitrogens with one attached hydrogen (secondary N) is 1. The largest absolute Gasteiger partial charge is 0.307 e. The Kier molecular flexibility index (Phi) is 4.82. The standard InChI is InChI=1S/C17H27N/c1-4-14-6-9-16(10-7-14)13(3)18-17-11-8-15(5-2)12-17/h6-7,9-10,13,15,17-18H,4-5,8,11-12H2,1-3H3. The molecule has 0 bridgehead atoms. The Labute approximate surface area is 112 Å². The molecule has 2 rings (SSSR count). The molecule has 1 aliphatic carbocycles. The number of hydrogen-bond acceptors (Lipinski definition) is 1. The number of aryl methyl sites for hydroxylation is 1. The van der Waals surface area contributed by atoms with Gasteiger partial charge in [-0.15, -0.1) is 0 Å². The first-order chi connectivity index (χ1) is 8.72. The molecular weight excluding hydrogens is 218 g/mol. The minimum absolute atomic E-state index is 0.483. The molecule has 0 aromatic heterocycles. The quantitative estimate of drug-likeness (QED) is 0.806. The van der Waals surface area contributed by atoms with Crippen LogP contribution < -0.4 is 5.32 Å². The van der Waals surface area contributed by atoms with Gasteiger partial charge >= 0.3 is 0 Å². The van der Waals surface area contributed by atoms with Gasteiger partial charge in [-0.25, -0.2) is 0 Å². The summed E-state index contributed by atoms with van der Waals surface area (Å²) in [6.45, 7) is 6.82. The first-order valence-electron chi connectivity index (χ1n) is 7.57. The molecule has 3 atom stereocenters. The third kappa shape index (κ3) is 3.35. The fraction of sp³-hybridized carbons (Fsp3) is 0.647. The molecule has 1 saturated carbocycles. The van der Waals surface area contributed by atoms with E-state index in [0.717, 1.165) is 18.4 Å². The minimum atomic E-state index is 0.483. The highest BCUT2D eigenvalue weighted by atomic mass is 14.9. The lowest BCUT2D eigenvalue weighted by atomic mass is 10.0. The van der Waals surface area contributed by atoms with Crippen LogP contribution in [0.25, 0.3) is 0 Å². The molecule has 0 aliphatic heterocycles. The topological polar surface area (TPSA) is 12.0 Å². The molecule has 1 aromatic carbocycles. The molecule has 0 spiro atoms. The summed E-state index contributed by atoms with van der Waals surface area (Å²) in [5.41, 5.74) is 2.85. The fourth-order valence-electron chi connectivity index (χ4n) is 3.09. The SMILES string of the molecule is CCc1ccc(C(C)NC2CCC(CC)C2)cc1. The molecular formula is C17H27N. The Hall–Kier alpha value is -0.820. The van der Waals surface area contributed by atoms with Gasteiger partial charge in [-0.05, 0) is 49.7 Å². The second kappa shape index (κ2) is 6.38. The molecule has 3 unspecified atom stereocenters. The van der Waals surface area contributed by atoms with Gasteiger partial charge in [-0.2, -0.15) is 0 Å². The zero-order chi connectivity index (χ0) is 13.0. The number of rotatable bonds is 5. The second-order valence-electron chi connectivity index (χ2n) is 5.77. The van der Waals surface area contributed by atoms with Crippen LogP contribution in [0.1, 0.15) is 63.6 Å². The molecule has 1 nitrogen and oxygen atoms in total. The monoisotopic (exact) mass is 245 g/mol. The van der Waals surface area contributed by atoms with Crippen LogP contribution in [0.3, 0.4) is 0 Å². The Morgan fingerprint density at radius 1 is 1.17 bits per heavy atom. The lowest BCUT2D eigenvalue weighted by Gasteiger charge is -2.20. The van der Waals surface area contributed by atoms with Crippen molar-refractivity contribution in [1.29, 1.82) is 0 Å². The van der Waals surface area contributed by atoms with Crippen LogP contribution in [0.2, 0.25) is 0 Å². The average Bonchev–Trinajstić information content (AvgIpc) is 2.86. The normalized spacial score (nSPS) is 25.3. The average molecular weight is 245 g/mol. The van der Waals surface area contributed by atoms with Gasteiger partial charge in [0.25, 0.3) is 0 Å². The summed E-state index contributed by atoms with van der Waals surface area (Å²) in [4.78, 5) is 0. The lowest BCUT2D eigenvalue weighted by molar-refractivity contribution is 0.437. The van der Waals surface area contributed by atoms with Crippen LogP contribution in [-0.4, -0.2) is 6.04 Å². The highest BCUT2D eigenvalue weighted by molar-refractivity contribution is 5.24. The van der Waals surface area contributed by atoms with Crippen molar-refractivity contribution in [2.75, 3.05) is 0 Å². The molecule has 1 aromatic rings. The minimum Gasteiger partial charge on any atom is -0.307 e. The zero-order valence-corrected chi connectivity index (χ0v) is 12.1. The van der Waals surface area contributed by atoms with E-state index < -0.39 is 0 Å². The molecule has 100 valence electrons. The van der Waals surface area contributed by atoms with Gasteiger partial charge < -0.3 is 5.32 Å². The predicted molar refractivity (Wildman–Crippen MR) is 78.8 cm³/mol. The molecule has 0 saturated heterocycles. The Bertz CT molecular complexity index is 354. The van der Waals surface area contributed by atoms with E-state index >= 15 is 0 Å². The van der Waals surface area contributed by atoms with Crippen molar-refractivity contribution in [1.82, 2.24) is 5.32 Å². The van der Waals surface area contributed by atoms with E-state index in [-0.39, 0.29) is 0 Å². The van der Waals surface area contributed by atoms with Gasteiger partial charge in [-0.1, -0.05) is 44.5 Å². The summed E-state index contributed by atoms with van der Waals surface area (Å²) in [5, 5.41) is 3.80. The smallest absolute Gasteiger partial charge is 0.0294 e. The Balaban J connectivity index is 1.89. The van der Waals surface area contributed by atoms with E-state index in [9.17, 15) is 0 Å². The van der Waals surface area contributed by atoms with Crippen molar-refractivity contribution < 1.29 is 0 Å². The summed E-state index contributed by atoms with van der Waals surface area (Å²) in [6.07, 6.45) is 6.61. The molecule has 0 heterocycles. The van der Waals surface area contributed by atoms with Gasteiger partial charge in [0.15, 0.2) is 0 Å². The highest BCUT2D eigenvalue weighted by Crippen LogP contribution is 2.29. The maximum Gasteiger partial charge on any atom is 0.0294 e. The molecule has 18 heavy (non-hydrogen) atoms. The second-order valence-corrected chi connectivity index (χ2v) is 5.77. The molecule has 1 aliphatic rings. The van der Waals surface area contributed by atoms with Crippen molar-refractivity contribution in [3.63, 3.8) is 0 Å². The van der Waals surface area contributed by atoms with E-state index in [1.54, 1.807) is 0 Å². The van der Waals surface area contributed by atoms with Gasteiger partial charge in [0, 0.05) is 12.1 Å². The van der Waals surface area contributed by atoms with E-state index in [4.69, 9.17) is 0 Å². The van der Waals surface area contributed by atoms with Crippen molar-refractivity contribution in [2.45, 2.75) is 65.0 Å². The third-order valence-electron chi connectivity index (χ3n) is 4.49. The van der Waals surface area contributed by atoms with Crippen molar-refractivity contribution in [3.05, 3.63) is 35.4 Å². The molecule has 0 radical (unpaired) electrons. The van der Waals surface area contributed by atoms with Crippen molar-refractivity contribution in [3.8, 4) is 0 Å². The van der Waals surface area contributed by atoms with Crippen LogP contribution in [0.15, 0.2) is 24.3 Å². The van der Waals surface area contributed by atoms with E-state index in [1.165, 1.54) is 36.8 Å². The molecule has 0 amide bonds. The summed E-state index contributed by atoms with van der Waals surface area (Å²) in [6, 6.07) is 10.3. The van der Waals surface area contributed by atoms with Crippen molar-refractivity contribution in [2.24, 2.45) is 5.92 Å². The van der Waals surface area contributed by atoms with Crippen LogP contribution >= 0.6 is 0 Å². The van der Waals surface area contributed by atoms with E-state index in [2.05, 4.69) is 50.4 Å². The Morgan fingerprint density at radius 2 is 1.89 bits per heavy atom. The van der Waals surface area contributed by atoms with Crippen molar-refractivity contribution >= 4 is 0 Å². The van der Waals surface area contributed by atoms with Gasteiger partial charge in [0.2, 0.25) is 0 Å². The lowest BCUT2D eigenvalue weighted by Crippen LogP contribution is -2.29. The Morgan fingerprint density at radius 3 is 2.44 bits per heavy atom. The summed E-state index contributed by atoms with van der Waals surface area (Å²) in [7, 11) is 0. The maximum atomic E-state index is 3.80. The van der Waals surface area contributed by atoms with E-state index in [0.29, 0.717) is 6.04 Å². The predicted octanol–water partition coefficient (Wildman–Crippen LogP) is 4.48. The maximum absolute atomic E-state index is 3.80. The van der Waals surface area contributed by atoms with Crippen LogP contribution in [0.4, 0.5) is 0 Å². The first-order valence-corrected chi connectivity index (χ1v) is 7.57. The first kappa shape index (κ1) is 13.6. The third-order valence-corrected chi connectivity index (χ3v) is 4.49.